The third kappa shape index (κ3) is 7.85. The number of carboxylic acids is 2. The predicted molar refractivity (Wildman–Crippen MR) is 157 cm³/mol. The van der Waals surface area contributed by atoms with Crippen LogP contribution in [-0.4, -0.2) is 74.9 Å². The lowest BCUT2D eigenvalue weighted by atomic mass is 10.0. The van der Waals surface area contributed by atoms with E-state index in [1.807, 2.05) is 0 Å². The summed E-state index contributed by atoms with van der Waals surface area (Å²) >= 11 is 22.0. The van der Waals surface area contributed by atoms with Crippen molar-refractivity contribution < 1.29 is 38.8 Å². The van der Waals surface area contributed by atoms with Crippen LogP contribution in [0.15, 0.2) is 57.7 Å². The second kappa shape index (κ2) is 14.2. The van der Waals surface area contributed by atoms with Gasteiger partial charge in [0.2, 0.25) is 12.5 Å². The quantitative estimate of drug-likeness (QED) is 0.129. The predicted octanol–water partition coefficient (Wildman–Crippen LogP) is 1.42. The van der Waals surface area contributed by atoms with Crippen molar-refractivity contribution in [2.45, 2.75) is 27.8 Å². The first-order valence-corrected chi connectivity index (χ1v) is 16.1. The summed E-state index contributed by atoms with van der Waals surface area (Å²) in [6, 6.07) is 5.65. The molecule has 1 aromatic heterocycles. The normalized spacial score (nSPS) is 17.8. The van der Waals surface area contributed by atoms with Crippen LogP contribution in [0.2, 0.25) is 15.1 Å². The molecule has 42 heavy (non-hydrogen) atoms. The summed E-state index contributed by atoms with van der Waals surface area (Å²) in [7, 11) is 0. The van der Waals surface area contributed by atoms with E-state index in [2.05, 4.69) is 10.6 Å². The molecule has 17 heteroatoms. The van der Waals surface area contributed by atoms with Crippen LogP contribution in [0.4, 0.5) is 0 Å². The summed E-state index contributed by atoms with van der Waals surface area (Å²) in [6.45, 7) is -0.657. The number of hydrogen-bond donors (Lipinski definition) is 3. The number of benzene rings is 1. The Hall–Kier alpha value is -2.62. The van der Waals surface area contributed by atoms with Crippen molar-refractivity contribution in [3.8, 4) is 0 Å². The maximum Gasteiger partial charge on any atom is 0.352 e. The number of carboxylic acid groups (broad SMARTS) is 2. The van der Waals surface area contributed by atoms with Gasteiger partial charge in [0.05, 0.1) is 33.3 Å². The molecule has 3 heterocycles. The molecule has 1 fully saturated rings. The fourth-order valence-corrected chi connectivity index (χ4v) is 7.89. The van der Waals surface area contributed by atoms with Crippen molar-refractivity contribution in [2.24, 2.45) is 0 Å². The zero-order valence-electron chi connectivity index (χ0n) is 21.3. The smallest absolute Gasteiger partial charge is 0.352 e. The number of aliphatic carboxylic acids is 2. The van der Waals surface area contributed by atoms with Crippen LogP contribution in [0.3, 0.4) is 0 Å². The minimum atomic E-state index is -1.39. The number of nitrogens with one attached hydrogen (secondary N) is 2. The van der Waals surface area contributed by atoms with Crippen LogP contribution in [0, 0.1) is 0 Å². The summed E-state index contributed by atoms with van der Waals surface area (Å²) in [4.78, 5) is 62.5. The van der Waals surface area contributed by atoms with E-state index < -0.39 is 47.6 Å². The van der Waals surface area contributed by atoms with Crippen LogP contribution in [-0.2, 0) is 30.5 Å². The number of β-lactam (4-membered cyclic amide) rings is 1. The number of carbonyl (C=O) groups is 5. The van der Waals surface area contributed by atoms with Crippen LogP contribution in [0.5, 0.6) is 0 Å². The van der Waals surface area contributed by atoms with Crippen LogP contribution in [0.25, 0.3) is 0 Å². The molecule has 222 valence electrons. The minimum Gasteiger partial charge on any atom is -0.548 e. The van der Waals surface area contributed by atoms with E-state index in [9.17, 15) is 34.2 Å². The van der Waals surface area contributed by atoms with Gasteiger partial charge >= 0.3 is 5.97 Å². The molecule has 2 aliphatic heterocycles. The molecule has 1 saturated heterocycles. The summed E-state index contributed by atoms with van der Waals surface area (Å²) in [5.41, 5.74) is 0.476. The number of amides is 3. The summed E-state index contributed by atoms with van der Waals surface area (Å²) in [5.74, 6) is -3.40. The molecule has 1 aromatic carbocycles. The van der Waals surface area contributed by atoms with E-state index in [0.717, 1.165) is 16.7 Å². The molecule has 3 N–H and O–H groups in total. The van der Waals surface area contributed by atoms with Gasteiger partial charge in [0.1, 0.15) is 17.1 Å². The molecule has 2 aliphatic rings. The Bertz CT molecular complexity index is 1480. The van der Waals surface area contributed by atoms with Crippen molar-refractivity contribution in [3.63, 3.8) is 0 Å². The largest absolute Gasteiger partial charge is 0.548 e. The average Bonchev–Trinajstić information content (AvgIpc) is 2.95. The second-order valence-electron chi connectivity index (χ2n) is 8.84. The SMILES string of the molecule is O=C([O-])CNC(=O)C[n+]1ccc(SCC2=C(C(=O)O)N3C(=O)[C@@H](NC(=O)CSc4cc(Cl)c(Cl)cc4Cl)[C@H]3SC2)cc1. The van der Waals surface area contributed by atoms with Gasteiger partial charge in [0.15, 0.2) is 12.4 Å². The Labute approximate surface area is 267 Å². The molecule has 0 spiro atoms. The van der Waals surface area contributed by atoms with Crippen molar-refractivity contribution in [1.29, 1.82) is 0 Å². The molecule has 0 aliphatic carbocycles. The maximum atomic E-state index is 12.9. The molecule has 0 radical (unpaired) electrons. The molecular weight excluding hydrogens is 671 g/mol. The lowest BCUT2D eigenvalue weighted by Gasteiger charge is -2.49. The Kier molecular flexibility index (Phi) is 10.9. The highest BCUT2D eigenvalue weighted by atomic mass is 35.5. The van der Waals surface area contributed by atoms with Gasteiger partial charge in [-0.25, -0.2) is 4.79 Å². The first kappa shape index (κ1) is 32.3. The first-order chi connectivity index (χ1) is 19.9. The molecule has 0 saturated carbocycles. The van der Waals surface area contributed by atoms with E-state index >= 15 is 0 Å². The highest BCUT2D eigenvalue weighted by molar-refractivity contribution is 8.01. The Morgan fingerprint density at radius 3 is 2.43 bits per heavy atom. The van der Waals surface area contributed by atoms with Gasteiger partial charge in [-0.15, -0.1) is 35.3 Å². The highest BCUT2D eigenvalue weighted by Gasteiger charge is 2.54. The number of carbonyl (C=O) groups excluding carboxylic acids is 4. The monoisotopic (exact) mass is 690 g/mol. The molecule has 4 rings (SSSR count). The third-order valence-electron chi connectivity index (χ3n) is 5.93. The van der Waals surface area contributed by atoms with Gasteiger partial charge in [-0.3, -0.25) is 19.3 Å². The van der Waals surface area contributed by atoms with E-state index in [1.165, 1.54) is 34.5 Å². The average molecular weight is 692 g/mol. The van der Waals surface area contributed by atoms with E-state index in [1.54, 1.807) is 35.2 Å². The highest BCUT2D eigenvalue weighted by Crippen LogP contribution is 2.42. The molecule has 0 unspecified atom stereocenters. The fourth-order valence-electron chi connectivity index (χ4n) is 3.98. The van der Waals surface area contributed by atoms with Crippen molar-refractivity contribution in [1.82, 2.24) is 15.5 Å². The topological polar surface area (TPSA) is 160 Å². The molecule has 3 amide bonds. The number of fused-ring (bicyclic) bond motifs is 1. The number of halogens is 3. The number of hydrogen-bond acceptors (Lipinski definition) is 9. The summed E-state index contributed by atoms with van der Waals surface area (Å²) in [6.07, 6.45) is 3.28. The molecular formula is C25H21Cl3N4O7S3. The van der Waals surface area contributed by atoms with Gasteiger partial charge in [-0.05, 0) is 17.7 Å². The zero-order valence-corrected chi connectivity index (χ0v) is 26.0. The number of aromatic nitrogens is 1. The first-order valence-electron chi connectivity index (χ1n) is 12.0. The number of thioether (sulfide) groups is 3. The van der Waals surface area contributed by atoms with E-state index in [-0.39, 0.29) is 23.0 Å². The van der Waals surface area contributed by atoms with E-state index in [4.69, 9.17) is 34.8 Å². The van der Waals surface area contributed by atoms with Gasteiger partial charge < -0.3 is 25.6 Å². The van der Waals surface area contributed by atoms with Gasteiger partial charge in [0.25, 0.3) is 11.8 Å². The molecule has 2 atom stereocenters. The number of nitrogens with zero attached hydrogens (tertiary/aromatic N) is 2. The van der Waals surface area contributed by atoms with Gasteiger partial charge in [-0.1, -0.05) is 34.8 Å². The van der Waals surface area contributed by atoms with Crippen LogP contribution >= 0.6 is 70.1 Å². The zero-order chi connectivity index (χ0) is 30.6. The maximum absolute atomic E-state index is 12.9. The van der Waals surface area contributed by atoms with E-state index in [0.29, 0.717) is 32.0 Å². The fraction of sp³-hybridized carbons (Fsp3) is 0.280. The Morgan fingerprint density at radius 1 is 1.07 bits per heavy atom. The summed E-state index contributed by atoms with van der Waals surface area (Å²) < 4.78 is 1.56. The van der Waals surface area contributed by atoms with Crippen LogP contribution in [0.1, 0.15) is 0 Å². The Balaban J connectivity index is 1.33. The van der Waals surface area contributed by atoms with Crippen molar-refractivity contribution >= 4 is 99.7 Å². The Morgan fingerprint density at radius 2 is 1.76 bits per heavy atom. The lowest BCUT2D eigenvalue weighted by molar-refractivity contribution is -0.684. The third-order valence-corrected chi connectivity index (χ3v) is 10.6. The molecule has 11 nitrogen and oxygen atoms in total. The molecule has 0 bridgehead atoms. The van der Waals surface area contributed by atoms with Gasteiger partial charge in [-0.2, -0.15) is 4.57 Å². The minimum absolute atomic E-state index is 0.0378. The van der Waals surface area contributed by atoms with Gasteiger partial charge in [0, 0.05) is 33.4 Å². The number of rotatable bonds is 12. The summed E-state index contributed by atoms with van der Waals surface area (Å²) in [5, 5.41) is 25.7. The second-order valence-corrected chi connectivity index (χ2v) is 13.2. The lowest BCUT2D eigenvalue weighted by Crippen LogP contribution is -2.70. The number of pyridine rings is 1. The standard InChI is InChI=1S/C25H21Cl3N4O7S3/c26-14-5-16(28)17(6-15(14)27)41-11-19(34)30-21-23(37)32-22(25(38)39)12(10-42-24(21)32)9-40-13-1-3-31(4-2-13)8-18(33)29-7-20(35)36/h1-6,21,24H,7-11H2,(H3-,29,30,33,34,35,36,38,39)/t21-,24-/m1/s1. The van der Waals surface area contributed by atoms with Crippen LogP contribution < -0.4 is 20.3 Å². The van der Waals surface area contributed by atoms with Crippen molar-refractivity contribution in [2.75, 3.05) is 23.8 Å². The molecule has 2 aromatic rings. The van der Waals surface area contributed by atoms with Crippen molar-refractivity contribution in [3.05, 3.63) is 63.0 Å².